The molecule has 0 fully saturated rings. The lowest BCUT2D eigenvalue weighted by molar-refractivity contribution is 1.11. The summed E-state index contributed by atoms with van der Waals surface area (Å²) in [6.07, 6.45) is 2.06. The Morgan fingerprint density at radius 1 is 0.460 bits per heavy atom. The molecule has 0 bridgehead atoms. The Balaban J connectivity index is 0.000000468. The van der Waals surface area contributed by atoms with E-state index in [9.17, 15) is 0 Å². The van der Waals surface area contributed by atoms with Gasteiger partial charge in [0.05, 0.1) is 5.69 Å². The average Bonchev–Trinajstić information content (AvgIpc) is 3.43. The molecule has 0 saturated heterocycles. The molecule has 38 heteroatoms. The molecule has 2 aromatic heterocycles. The molecule has 0 saturated carbocycles. The standard InChI is InChI=1S/C12H9BrN2.S35/c1-8-11(13)14-12-10-5-3-2-4-9(10)6-7-15(8)12;1-3-5-7-9-11-13-15-17-19-21-23-25-27-29-31-33-35-34-32-30-28-26-24-22-20-18-16-14-12-10-8-6-4-2/h2-7H,1H3;. The van der Waals surface area contributed by atoms with Crippen molar-refractivity contribution >= 4 is 348 Å². The van der Waals surface area contributed by atoms with Crippen molar-refractivity contribution in [3.05, 3.63) is 46.8 Å². The fourth-order valence-electron chi connectivity index (χ4n) is 2.21. The Morgan fingerprint density at radius 2 is 0.760 bits per heavy atom. The fourth-order valence-corrected chi connectivity index (χ4v) is 87.6. The van der Waals surface area contributed by atoms with Crippen molar-refractivity contribution in [2.24, 2.45) is 0 Å². The molecule has 284 valence electrons. The van der Waals surface area contributed by atoms with E-state index in [1.54, 1.807) is 107 Å². The first-order valence-corrected chi connectivity index (χ1v) is 56.6. The lowest BCUT2D eigenvalue weighted by Gasteiger charge is -2.00. The van der Waals surface area contributed by atoms with Gasteiger partial charge in [0.15, 0.2) is 0 Å². The van der Waals surface area contributed by atoms with E-state index in [0.29, 0.717) is 0 Å². The summed E-state index contributed by atoms with van der Waals surface area (Å²) < 4.78 is 3.02. The number of halogens is 1. The van der Waals surface area contributed by atoms with Crippen molar-refractivity contribution in [2.75, 3.05) is 0 Å². The molecule has 0 amide bonds. The number of hydrogen-bond acceptors (Lipinski definition) is 3. The maximum Gasteiger partial charge on any atom is 0.146 e. The van der Waals surface area contributed by atoms with Gasteiger partial charge in [-0.05, 0) is 34.3 Å². The van der Waals surface area contributed by atoms with Crippen molar-refractivity contribution < 1.29 is 0 Å². The first-order chi connectivity index (χ1) is 24.7. The van der Waals surface area contributed by atoms with E-state index < -0.39 is 0 Å². The maximum atomic E-state index is 4.80. The highest BCUT2D eigenvalue weighted by atomic mass is 79.9. The van der Waals surface area contributed by atoms with Crippen LogP contribution in [0.1, 0.15) is 5.69 Å². The summed E-state index contributed by atoms with van der Waals surface area (Å²) in [5.74, 6) is 0. The number of aromatic nitrogens is 2. The second-order valence-electron chi connectivity index (χ2n) is 5.83. The van der Waals surface area contributed by atoms with Crippen LogP contribution in [0, 0.1) is 6.92 Å². The molecule has 3 rings (SSSR count). The second kappa shape index (κ2) is 39.5. The number of nitrogens with zero attached hydrogens (tertiary/aromatic N) is 2. The van der Waals surface area contributed by atoms with Crippen LogP contribution in [0.4, 0.5) is 0 Å². The third-order valence-electron chi connectivity index (χ3n) is 3.59. The largest absolute Gasteiger partial charge is 0.303 e. The quantitative estimate of drug-likeness (QED) is 0.344. The van der Waals surface area contributed by atoms with Gasteiger partial charge in [0, 0.05) is 327 Å². The summed E-state index contributed by atoms with van der Waals surface area (Å²) in [6, 6.07) is 10.4. The van der Waals surface area contributed by atoms with E-state index in [2.05, 4.69) is 56.6 Å². The molecule has 0 aliphatic heterocycles. The number of fused-ring (bicyclic) bond motifs is 3. The zero-order valence-electron chi connectivity index (χ0n) is 22.5. The SMILES string of the molecule is Cc1c(Br)nc2c3ccccc3ccn12.S=S=S=S=S=S=S=S=S=S=S=S=S=S=S=S=S=S=S=S=S=S=S=S=S=S=S=S=S=S=S=S=S=S=S. The molecule has 0 atom stereocenters. The predicted molar refractivity (Wildman–Crippen MR) is 323 cm³/mol. The third-order valence-corrected chi connectivity index (χ3v) is 75.4. The Labute approximate surface area is 401 Å². The fraction of sp³-hybridized carbons (Fsp3) is 0.0833. The zero-order chi connectivity index (χ0) is 35.7. The summed E-state index contributed by atoms with van der Waals surface area (Å²) in [5, 5.41) is 2.41. The van der Waals surface area contributed by atoms with Crippen LogP contribution in [0.5, 0.6) is 0 Å². The van der Waals surface area contributed by atoms with Crippen LogP contribution >= 0.6 is 15.9 Å². The third kappa shape index (κ3) is 28.0. The van der Waals surface area contributed by atoms with E-state index in [-0.39, 0.29) is 0 Å². The molecule has 0 N–H and O–H groups in total. The average molecular weight is 1380 g/mol. The van der Waals surface area contributed by atoms with Crippen LogP contribution in [0.2, 0.25) is 0 Å². The Morgan fingerprint density at radius 3 is 1.08 bits per heavy atom. The van der Waals surface area contributed by atoms with E-state index in [0.717, 1.165) is 15.9 Å². The van der Waals surface area contributed by atoms with Crippen LogP contribution in [0.25, 0.3) is 16.4 Å². The van der Waals surface area contributed by atoms with Crippen LogP contribution in [0.3, 0.4) is 0 Å². The minimum atomic E-state index is 0.916. The van der Waals surface area contributed by atoms with Gasteiger partial charge in [0.25, 0.3) is 0 Å². The number of pyridine rings is 1. The Bertz CT molecular complexity index is 3090. The van der Waals surface area contributed by atoms with Crippen molar-refractivity contribution in [3.63, 3.8) is 0 Å². The first kappa shape index (κ1) is 52.5. The van der Waals surface area contributed by atoms with Gasteiger partial charge in [-0.3, -0.25) is 0 Å². The van der Waals surface area contributed by atoms with E-state index in [1.165, 1.54) is 28.5 Å². The van der Waals surface area contributed by atoms with Crippen molar-refractivity contribution in [2.45, 2.75) is 6.92 Å². The van der Waals surface area contributed by atoms with Crippen molar-refractivity contribution in [3.8, 4) is 0 Å². The van der Waals surface area contributed by atoms with E-state index in [4.69, 9.17) is 22.4 Å². The van der Waals surface area contributed by atoms with Gasteiger partial charge in [-0.2, -0.15) is 0 Å². The monoisotopic (exact) mass is 1380 g/mol. The minimum absolute atomic E-state index is 0.916. The minimum Gasteiger partial charge on any atom is -0.303 e. The number of benzene rings is 1. The summed E-state index contributed by atoms with van der Waals surface area (Å²) in [7, 11) is 58.2. The van der Waals surface area contributed by atoms with Gasteiger partial charge >= 0.3 is 0 Å². The molecular weight excluding hydrogens is 1370 g/mol. The summed E-state index contributed by atoms with van der Waals surface area (Å²) >= 11 is 13.1. The number of hydrogen-bond donors (Lipinski definition) is 0. The van der Waals surface area contributed by atoms with Crippen LogP contribution in [-0.2, 0) is 315 Å². The lowest BCUT2D eigenvalue weighted by Crippen LogP contribution is -1.87. The molecule has 0 radical (unpaired) electrons. The van der Waals surface area contributed by atoms with Crippen LogP contribution in [-0.4, -0.2) is 9.38 Å². The van der Waals surface area contributed by atoms with E-state index >= 15 is 0 Å². The number of aryl methyl sites for hydroxylation is 1. The van der Waals surface area contributed by atoms with Gasteiger partial charge in [-0.15, -0.1) is 0 Å². The summed E-state index contributed by atoms with van der Waals surface area (Å²) in [6.45, 7) is 2.05. The van der Waals surface area contributed by atoms with E-state index in [1.807, 2.05) is 181 Å². The molecule has 0 aliphatic carbocycles. The molecular formula is C12H9BrN2S35. The lowest BCUT2D eigenvalue weighted by atomic mass is 10.2. The molecule has 1 aromatic carbocycles. The summed E-state index contributed by atoms with van der Waals surface area (Å²) in [4.78, 5) is 4.52. The topological polar surface area (TPSA) is 17.3 Å². The molecule has 3 aromatic rings. The van der Waals surface area contributed by atoms with Gasteiger partial charge in [0.2, 0.25) is 0 Å². The Hall–Kier alpha value is 6.35. The van der Waals surface area contributed by atoms with Crippen molar-refractivity contribution in [1.29, 1.82) is 0 Å². The number of rotatable bonds is 0. The highest BCUT2D eigenvalue weighted by Crippen LogP contribution is 2.24. The molecule has 50 heavy (non-hydrogen) atoms. The molecule has 2 nitrogen and oxygen atoms in total. The van der Waals surface area contributed by atoms with Gasteiger partial charge < -0.3 is 4.40 Å². The maximum absolute atomic E-state index is 4.80. The highest BCUT2D eigenvalue weighted by Gasteiger charge is 2.07. The van der Waals surface area contributed by atoms with Crippen LogP contribution in [0.15, 0.2) is 41.1 Å². The first-order valence-electron chi connectivity index (χ1n) is 10.5. The van der Waals surface area contributed by atoms with Crippen molar-refractivity contribution in [1.82, 2.24) is 9.38 Å². The molecule has 0 spiro atoms. The predicted octanol–water partition coefficient (Wildman–Crippen LogP) is 3.47. The van der Waals surface area contributed by atoms with Crippen LogP contribution < -0.4 is 0 Å². The molecule has 0 aliphatic rings. The highest BCUT2D eigenvalue weighted by molar-refractivity contribution is 9.10. The summed E-state index contributed by atoms with van der Waals surface area (Å²) in [5.41, 5.74) is 2.15. The second-order valence-corrected chi connectivity index (χ2v) is 65.0. The zero-order valence-corrected chi connectivity index (χ0v) is 52.7. The molecule has 0 unspecified atom stereocenters. The number of imidazole rings is 1. The Kier molecular flexibility index (Phi) is 41.4. The normalized spacial score (nSPS) is 8.76. The van der Waals surface area contributed by atoms with Gasteiger partial charge in [0.1, 0.15) is 10.3 Å². The van der Waals surface area contributed by atoms with Gasteiger partial charge in [-0.25, -0.2) is 4.98 Å². The smallest absolute Gasteiger partial charge is 0.146 e. The van der Waals surface area contributed by atoms with Gasteiger partial charge in [-0.1, -0.05) is 24.3 Å². The molecule has 2 heterocycles.